The lowest BCUT2D eigenvalue weighted by atomic mass is 9.86. The number of hydrogen-bond acceptors (Lipinski definition) is 6. The van der Waals surface area contributed by atoms with Crippen LogP contribution in [0.2, 0.25) is 0 Å². The molecule has 3 atom stereocenters. The standard InChI is InChI=1S/C21H38N2O6/c1-4-21(29,13-25)19(27)16(10-14(2)3)23-20(28)17(12-24)22-18(26)11-15-8-6-5-7-9-15/h14-17,24-25,29H,4-13H2,1-3H3,(H,22,26)(H,23,28)/t16?,17-,21-/m0/s1. The predicted octanol–water partition coefficient (Wildman–Crippen LogP) is 0.667. The molecule has 0 aliphatic heterocycles. The van der Waals surface area contributed by atoms with Gasteiger partial charge in [-0.25, -0.2) is 0 Å². The Bertz CT molecular complexity index is 541. The van der Waals surface area contributed by atoms with Crippen LogP contribution >= 0.6 is 0 Å². The second kappa shape index (κ2) is 12.2. The fourth-order valence-electron chi connectivity index (χ4n) is 3.76. The summed E-state index contributed by atoms with van der Waals surface area (Å²) < 4.78 is 0. The van der Waals surface area contributed by atoms with E-state index in [0.29, 0.717) is 12.3 Å². The van der Waals surface area contributed by atoms with Crippen molar-refractivity contribution in [2.45, 2.75) is 89.8 Å². The highest BCUT2D eigenvalue weighted by Gasteiger charge is 2.39. The SMILES string of the molecule is CC[C@](O)(CO)C(=O)C(CC(C)C)NC(=O)[C@H](CO)NC(=O)CC1CCCCC1. The highest BCUT2D eigenvalue weighted by Crippen LogP contribution is 2.26. The van der Waals surface area contributed by atoms with Crippen molar-refractivity contribution in [1.82, 2.24) is 10.6 Å². The zero-order valence-electron chi connectivity index (χ0n) is 17.9. The molecule has 0 spiro atoms. The van der Waals surface area contributed by atoms with Gasteiger partial charge >= 0.3 is 0 Å². The molecule has 1 aliphatic carbocycles. The molecule has 1 aliphatic rings. The lowest BCUT2D eigenvalue weighted by molar-refractivity contribution is -0.146. The van der Waals surface area contributed by atoms with Crippen LogP contribution in [0.3, 0.4) is 0 Å². The summed E-state index contributed by atoms with van der Waals surface area (Å²) in [6.45, 7) is 3.97. The van der Waals surface area contributed by atoms with Gasteiger partial charge in [0.2, 0.25) is 11.8 Å². The van der Waals surface area contributed by atoms with E-state index in [-0.39, 0.29) is 24.7 Å². The number of Topliss-reactive ketones (excluding diaryl/α,β-unsaturated/α-hetero) is 1. The fraction of sp³-hybridized carbons (Fsp3) is 0.857. The molecule has 168 valence electrons. The van der Waals surface area contributed by atoms with Crippen LogP contribution in [0.1, 0.15) is 72.1 Å². The minimum absolute atomic E-state index is 0.00829. The Morgan fingerprint density at radius 2 is 1.66 bits per heavy atom. The van der Waals surface area contributed by atoms with E-state index in [2.05, 4.69) is 10.6 Å². The van der Waals surface area contributed by atoms with Crippen molar-refractivity contribution >= 4 is 17.6 Å². The first-order valence-electron chi connectivity index (χ1n) is 10.7. The highest BCUT2D eigenvalue weighted by molar-refractivity contribution is 5.96. The Morgan fingerprint density at radius 3 is 2.14 bits per heavy atom. The molecule has 1 rings (SSSR count). The molecule has 0 heterocycles. The normalized spacial score (nSPS) is 19.3. The number of ketones is 1. The van der Waals surface area contributed by atoms with Crippen molar-refractivity contribution in [3.05, 3.63) is 0 Å². The summed E-state index contributed by atoms with van der Waals surface area (Å²) in [6.07, 6.45) is 5.96. The molecular weight excluding hydrogens is 376 g/mol. The van der Waals surface area contributed by atoms with Gasteiger partial charge < -0.3 is 26.0 Å². The second-order valence-electron chi connectivity index (χ2n) is 8.61. The Hall–Kier alpha value is -1.51. The van der Waals surface area contributed by atoms with E-state index < -0.39 is 42.6 Å². The lowest BCUT2D eigenvalue weighted by Gasteiger charge is -2.30. The summed E-state index contributed by atoms with van der Waals surface area (Å²) in [5, 5.41) is 34.5. The van der Waals surface area contributed by atoms with E-state index in [0.717, 1.165) is 25.7 Å². The maximum Gasteiger partial charge on any atom is 0.245 e. The third kappa shape index (κ3) is 8.03. The number of amides is 2. The number of nitrogens with one attached hydrogen (secondary N) is 2. The Morgan fingerprint density at radius 1 is 1.03 bits per heavy atom. The van der Waals surface area contributed by atoms with Crippen molar-refractivity contribution in [3.63, 3.8) is 0 Å². The number of rotatable bonds is 12. The van der Waals surface area contributed by atoms with Crippen molar-refractivity contribution < 1.29 is 29.7 Å². The van der Waals surface area contributed by atoms with Gasteiger partial charge in [-0.15, -0.1) is 0 Å². The third-order valence-corrected chi connectivity index (χ3v) is 5.68. The first-order chi connectivity index (χ1) is 13.7. The van der Waals surface area contributed by atoms with Gasteiger partial charge in [0.05, 0.1) is 19.3 Å². The molecule has 8 nitrogen and oxygen atoms in total. The number of hydrogen-bond donors (Lipinski definition) is 5. The number of aliphatic hydroxyl groups excluding tert-OH is 2. The first kappa shape index (κ1) is 25.5. The van der Waals surface area contributed by atoms with Gasteiger partial charge in [0, 0.05) is 6.42 Å². The minimum Gasteiger partial charge on any atom is -0.394 e. The first-order valence-corrected chi connectivity index (χ1v) is 10.7. The average molecular weight is 415 g/mol. The van der Waals surface area contributed by atoms with E-state index in [9.17, 15) is 29.7 Å². The van der Waals surface area contributed by atoms with E-state index >= 15 is 0 Å². The second-order valence-corrected chi connectivity index (χ2v) is 8.61. The van der Waals surface area contributed by atoms with Crippen LogP contribution in [0.5, 0.6) is 0 Å². The van der Waals surface area contributed by atoms with Crippen molar-refractivity contribution in [3.8, 4) is 0 Å². The monoisotopic (exact) mass is 414 g/mol. The molecule has 0 aromatic carbocycles. The molecule has 29 heavy (non-hydrogen) atoms. The average Bonchev–Trinajstić information content (AvgIpc) is 2.70. The summed E-state index contributed by atoms with van der Waals surface area (Å²) in [7, 11) is 0. The van der Waals surface area contributed by atoms with Crippen LogP contribution in [-0.2, 0) is 14.4 Å². The van der Waals surface area contributed by atoms with Crippen LogP contribution in [0.25, 0.3) is 0 Å². The number of carbonyl (C=O) groups is 3. The van der Waals surface area contributed by atoms with Gasteiger partial charge in [-0.3, -0.25) is 14.4 Å². The summed E-state index contributed by atoms with van der Waals surface area (Å²) in [6, 6.07) is -2.19. The van der Waals surface area contributed by atoms with Crippen LogP contribution in [0, 0.1) is 11.8 Å². The molecule has 0 radical (unpaired) electrons. The predicted molar refractivity (Wildman–Crippen MR) is 109 cm³/mol. The molecule has 0 aromatic heterocycles. The molecule has 1 saturated carbocycles. The minimum atomic E-state index is -1.94. The van der Waals surface area contributed by atoms with Gasteiger partial charge in [0.15, 0.2) is 5.78 Å². The fourth-order valence-corrected chi connectivity index (χ4v) is 3.76. The van der Waals surface area contributed by atoms with Crippen molar-refractivity contribution in [1.29, 1.82) is 0 Å². The number of aliphatic hydroxyl groups is 3. The zero-order chi connectivity index (χ0) is 22.0. The van der Waals surface area contributed by atoms with Crippen molar-refractivity contribution in [2.24, 2.45) is 11.8 Å². The molecule has 1 unspecified atom stereocenters. The quantitative estimate of drug-likeness (QED) is 0.318. The van der Waals surface area contributed by atoms with Gasteiger partial charge in [0.25, 0.3) is 0 Å². The van der Waals surface area contributed by atoms with E-state index in [1.165, 1.54) is 6.42 Å². The molecular formula is C21H38N2O6. The number of carbonyl (C=O) groups excluding carboxylic acids is 3. The third-order valence-electron chi connectivity index (χ3n) is 5.68. The smallest absolute Gasteiger partial charge is 0.245 e. The van der Waals surface area contributed by atoms with Crippen LogP contribution < -0.4 is 10.6 Å². The topological polar surface area (TPSA) is 136 Å². The molecule has 0 saturated heterocycles. The maximum absolute atomic E-state index is 12.7. The largest absolute Gasteiger partial charge is 0.394 e. The lowest BCUT2D eigenvalue weighted by Crippen LogP contribution is -2.58. The Labute approximate surface area is 173 Å². The van der Waals surface area contributed by atoms with Crippen molar-refractivity contribution in [2.75, 3.05) is 13.2 Å². The maximum atomic E-state index is 12.7. The molecule has 0 aromatic rings. The Balaban J connectivity index is 2.76. The van der Waals surface area contributed by atoms with Crippen LogP contribution in [0.4, 0.5) is 0 Å². The van der Waals surface area contributed by atoms with Gasteiger partial charge in [-0.2, -0.15) is 0 Å². The van der Waals surface area contributed by atoms with Gasteiger partial charge in [-0.1, -0.05) is 40.0 Å². The summed E-state index contributed by atoms with van der Waals surface area (Å²) in [5.74, 6) is -1.31. The van der Waals surface area contributed by atoms with E-state index in [4.69, 9.17) is 0 Å². The molecule has 2 amide bonds. The summed E-state index contributed by atoms with van der Waals surface area (Å²) >= 11 is 0. The van der Waals surface area contributed by atoms with Crippen LogP contribution in [-0.4, -0.2) is 63.8 Å². The van der Waals surface area contributed by atoms with E-state index in [1.54, 1.807) is 6.92 Å². The van der Waals surface area contributed by atoms with Gasteiger partial charge in [-0.05, 0) is 37.5 Å². The summed E-state index contributed by atoms with van der Waals surface area (Å²) in [4.78, 5) is 37.6. The van der Waals surface area contributed by atoms with Crippen LogP contribution in [0.15, 0.2) is 0 Å². The summed E-state index contributed by atoms with van der Waals surface area (Å²) in [5.41, 5.74) is -1.94. The Kier molecular flexibility index (Phi) is 10.8. The van der Waals surface area contributed by atoms with Gasteiger partial charge in [0.1, 0.15) is 11.6 Å². The zero-order valence-corrected chi connectivity index (χ0v) is 17.9. The molecule has 1 fully saturated rings. The molecule has 0 bridgehead atoms. The molecule has 8 heteroatoms. The molecule has 5 N–H and O–H groups in total. The highest BCUT2D eigenvalue weighted by atomic mass is 16.3. The van der Waals surface area contributed by atoms with E-state index in [1.807, 2.05) is 13.8 Å².